The molecular formula is C16H24N4O3. The van der Waals surface area contributed by atoms with Crippen LogP contribution in [-0.2, 0) is 14.3 Å². The van der Waals surface area contributed by atoms with E-state index in [0.29, 0.717) is 25.0 Å². The van der Waals surface area contributed by atoms with Gasteiger partial charge < -0.3 is 19.7 Å². The summed E-state index contributed by atoms with van der Waals surface area (Å²) in [5, 5.41) is 3.26. The molecule has 0 radical (unpaired) electrons. The maximum atomic E-state index is 11.8. The predicted octanol–water partition coefficient (Wildman–Crippen LogP) is 0.851. The maximum absolute atomic E-state index is 11.8. The molecule has 7 heteroatoms. The fourth-order valence-electron chi connectivity index (χ4n) is 3.38. The number of nitrogens with zero attached hydrogens (tertiary/aromatic N) is 3. The molecule has 1 aromatic rings. The van der Waals surface area contributed by atoms with E-state index >= 15 is 0 Å². The van der Waals surface area contributed by atoms with Crippen molar-refractivity contribution in [3.8, 4) is 0 Å². The summed E-state index contributed by atoms with van der Waals surface area (Å²) < 4.78 is 10.9. The van der Waals surface area contributed by atoms with Crippen LogP contribution in [0.2, 0.25) is 0 Å². The number of hydrogen-bond donors (Lipinski definition) is 1. The van der Waals surface area contributed by atoms with Crippen molar-refractivity contribution in [2.75, 3.05) is 45.3 Å². The number of nitrogens with one attached hydrogen (secondary N) is 1. The topological polar surface area (TPSA) is 76.6 Å². The lowest BCUT2D eigenvalue weighted by Gasteiger charge is -2.50. The Kier molecular flexibility index (Phi) is 4.77. The summed E-state index contributed by atoms with van der Waals surface area (Å²) in [6.45, 7) is 5.06. The predicted molar refractivity (Wildman–Crippen MR) is 85.1 cm³/mol. The number of rotatable bonds is 6. The fraction of sp³-hybridized carbons (Fsp3) is 0.688. The van der Waals surface area contributed by atoms with Gasteiger partial charge in [0.1, 0.15) is 12.2 Å². The molecule has 7 nitrogen and oxygen atoms in total. The van der Waals surface area contributed by atoms with Crippen LogP contribution >= 0.6 is 0 Å². The van der Waals surface area contributed by atoms with Crippen LogP contribution in [0.1, 0.15) is 18.4 Å². The van der Waals surface area contributed by atoms with Gasteiger partial charge in [0.2, 0.25) is 11.9 Å². The third-order valence-electron chi connectivity index (χ3n) is 4.69. The number of carbonyl (C=O) groups is 1. The molecule has 2 aliphatic rings. The molecule has 1 aromatic heterocycles. The molecule has 1 amide bonds. The van der Waals surface area contributed by atoms with Crippen LogP contribution in [0.15, 0.2) is 12.4 Å². The number of anilines is 1. The molecule has 1 atom stereocenters. The number of amides is 1. The molecule has 1 N–H and O–H groups in total. The summed E-state index contributed by atoms with van der Waals surface area (Å²) in [4.78, 5) is 22.1. The fourth-order valence-corrected chi connectivity index (χ4v) is 3.38. The van der Waals surface area contributed by atoms with E-state index < -0.39 is 0 Å². The minimum absolute atomic E-state index is 0.0403. The van der Waals surface area contributed by atoms with Gasteiger partial charge in [-0.3, -0.25) is 4.79 Å². The smallest absolute Gasteiger partial charge is 0.248 e. The second-order valence-electron chi connectivity index (χ2n) is 6.38. The SMILES string of the molecule is COCC(=O)N1CC2(C1)OCCC2CCNc1ncc(C)cn1. The van der Waals surface area contributed by atoms with Crippen molar-refractivity contribution in [1.82, 2.24) is 14.9 Å². The normalized spacial score (nSPS) is 22.2. The zero-order chi connectivity index (χ0) is 16.3. The largest absolute Gasteiger partial charge is 0.375 e. The quantitative estimate of drug-likeness (QED) is 0.837. The Balaban J connectivity index is 1.47. The summed E-state index contributed by atoms with van der Waals surface area (Å²) in [5.74, 6) is 1.17. The summed E-state index contributed by atoms with van der Waals surface area (Å²) in [7, 11) is 1.54. The highest BCUT2D eigenvalue weighted by Crippen LogP contribution is 2.41. The lowest BCUT2D eigenvalue weighted by atomic mass is 9.79. The van der Waals surface area contributed by atoms with Gasteiger partial charge in [-0.15, -0.1) is 0 Å². The van der Waals surface area contributed by atoms with Gasteiger partial charge in [-0.05, 0) is 31.2 Å². The minimum Gasteiger partial charge on any atom is -0.375 e. The van der Waals surface area contributed by atoms with E-state index in [-0.39, 0.29) is 18.1 Å². The molecule has 0 saturated carbocycles. The van der Waals surface area contributed by atoms with Crippen LogP contribution in [0.25, 0.3) is 0 Å². The minimum atomic E-state index is -0.154. The summed E-state index contributed by atoms with van der Waals surface area (Å²) >= 11 is 0. The Bertz CT molecular complexity index is 543. The Morgan fingerprint density at radius 2 is 2.22 bits per heavy atom. The van der Waals surface area contributed by atoms with Crippen molar-refractivity contribution >= 4 is 11.9 Å². The molecule has 23 heavy (non-hydrogen) atoms. The molecule has 0 aliphatic carbocycles. The third kappa shape index (κ3) is 3.45. The summed E-state index contributed by atoms with van der Waals surface area (Å²) in [6.07, 6.45) is 5.65. The average molecular weight is 320 g/mol. The highest BCUT2D eigenvalue weighted by atomic mass is 16.5. The van der Waals surface area contributed by atoms with E-state index in [2.05, 4.69) is 15.3 Å². The van der Waals surface area contributed by atoms with Gasteiger partial charge in [0, 0.05) is 32.7 Å². The molecule has 1 unspecified atom stereocenters. The van der Waals surface area contributed by atoms with Gasteiger partial charge in [-0.2, -0.15) is 0 Å². The first-order chi connectivity index (χ1) is 11.1. The van der Waals surface area contributed by atoms with E-state index in [0.717, 1.165) is 31.6 Å². The van der Waals surface area contributed by atoms with Crippen molar-refractivity contribution in [2.24, 2.45) is 5.92 Å². The van der Waals surface area contributed by atoms with Gasteiger partial charge in [-0.25, -0.2) is 9.97 Å². The van der Waals surface area contributed by atoms with Gasteiger partial charge in [0.25, 0.3) is 0 Å². The molecule has 0 aromatic carbocycles. The number of aromatic nitrogens is 2. The highest BCUT2D eigenvalue weighted by molar-refractivity contribution is 5.78. The monoisotopic (exact) mass is 320 g/mol. The lowest BCUT2D eigenvalue weighted by molar-refractivity contribution is -0.168. The summed E-state index contributed by atoms with van der Waals surface area (Å²) in [6, 6.07) is 0. The molecule has 2 saturated heterocycles. The van der Waals surface area contributed by atoms with Gasteiger partial charge in [-0.1, -0.05) is 0 Å². The van der Waals surface area contributed by atoms with Gasteiger partial charge >= 0.3 is 0 Å². The number of ether oxygens (including phenoxy) is 2. The van der Waals surface area contributed by atoms with E-state index in [1.807, 2.05) is 11.8 Å². The second kappa shape index (κ2) is 6.80. The zero-order valence-corrected chi connectivity index (χ0v) is 13.7. The maximum Gasteiger partial charge on any atom is 0.248 e. The molecule has 0 bridgehead atoms. The molecule has 3 heterocycles. The summed E-state index contributed by atoms with van der Waals surface area (Å²) in [5.41, 5.74) is 0.896. The van der Waals surface area contributed by atoms with Crippen molar-refractivity contribution < 1.29 is 14.3 Å². The molecule has 2 aliphatic heterocycles. The van der Waals surface area contributed by atoms with Gasteiger partial charge in [0.05, 0.1) is 13.1 Å². The molecule has 2 fully saturated rings. The Morgan fingerprint density at radius 1 is 1.48 bits per heavy atom. The van der Waals surface area contributed by atoms with E-state index in [1.165, 1.54) is 0 Å². The van der Waals surface area contributed by atoms with Crippen LogP contribution in [-0.4, -0.2) is 66.3 Å². The van der Waals surface area contributed by atoms with Crippen LogP contribution in [0, 0.1) is 12.8 Å². The van der Waals surface area contributed by atoms with Crippen molar-refractivity contribution in [3.05, 3.63) is 18.0 Å². The van der Waals surface area contributed by atoms with Gasteiger partial charge in [0.15, 0.2) is 0 Å². The first kappa shape index (κ1) is 16.1. The number of likely N-dealkylation sites (tertiary alicyclic amines) is 1. The first-order valence-electron chi connectivity index (χ1n) is 8.06. The molecule has 1 spiro atoms. The highest BCUT2D eigenvalue weighted by Gasteiger charge is 2.53. The van der Waals surface area contributed by atoms with Crippen LogP contribution in [0.5, 0.6) is 0 Å². The molecule has 126 valence electrons. The van der Waals surface area contributed by atoms with Crippen molar-refractivity contribution in [1.29, 1.82) is 0 Å². The second-order valence-corrected chi connectivity index (χ2v) is 6.38. The first-order valence-corrected chi connectivity index (χ1v) is 8.06. The van der Waals surface area contributed by atoms with E-state index in [1.54, 1.807) is 19.5 Å². The lowest BCUT2D eigenvalue weighted by Crippen LogP contribution is -2.66. The zero-order valence-electron chi connectivity index (χ0n) is 13.7. The number of methoxy groups -OCH3 is 1. The van der Waals surface area contributed by atoms with Crippen LogP contribution in [0.3, 0.4) is 0 Å². The van der Waals surface area contributed by atoms with E-state index in [9.17, 15) is 4.79 Å². The Morgan fingerprint density at radius 3 is 2.91 bits per heavy atom. The standard InChI is InChI=1S/C16H24N4O3/c1-12-7-18-15(19-8-12)17-5-3-13-4-6-23-16(13)10-20(11-16)14(21)9-22-2/h7-8,13H,3-6,9-11H2,1-2H3,(H,17,18,19). The van der Waals surface area contributed by atoms with Crippen LogP contribution in [0.4, 0.5) is 5.95 Å². The number of hydrogen-bond acceptors (Lipinski definition) is 6. The number of carbonyl (C=O) groups excluding carboxylic acids is 1. The third-order valence-corrected chi connectivity index (χ3v) is 4.69. The number of aryl methyl sites for hydroxylation is 1. The average Bonchev–Trinajstić information content (AvgIpc) is 2.92. The molecular weight excluding hydrogens is 296 g/mol. The molecule has 3 rings (SSSR count). The Hall–Kier alpha value is -1.73. The Labute approximate surface area is 136 Å². The van der Waals surface area contributed by atoms with Crippen molar-refractivity contribution in [3.63, 3.8) is 0 Å². The van der Waals surface area contributed by atoms with E-state index in [4.69, 9.17) is 9.47 Å². The van der Waals surface area contributed by atoms with Crippen molar-refractivity contribution in [2.45, 2.75) is 25.4 Å². The van der Waals surface area contributed by atoms with Crippen LogP contribution < -0.4 is 5.32 Å².